The second-order valence-corrected chi connectivity index (χ2v) is 2.83. The zero-order valence-corrected chi connectivity index (χ0v) is 6.09. The number of hydrogen-bond donors (Lipinski definition) is 1. The van der Waals surface area contributed by atoms with E-state index in [-0.39, 0.29) is 13.3 Å². The number of likely N-dealkylation sites (tertiary alicyclic amines) is 1. The van der Waals surface area contributed by atoms with E-state index in [0.717, 1.165) is 19.5 Å². The van der Waals surface area contributed by atoms with E-state index in [0.29, 0.717) is 12.5 Å². The molecule has 0 radical (unpaired) electrons. The van der Waals surface area contributed by atoms with Gasteiger partial charge in [-0.1, -0.05) is 0 Å². The molecule has 1 fully saturated rings. The Morgan fingerprint density at radius 1 is 1.60 bits per heavy atom. The minimum absolute atomic E-state index is 0.253. The molecule has 3 heteroatoms. The van der Waals surface area contributed by atoms with Crippen molar-refractivity contribution in [1.29, 1.82) is 0 Å². The number of rotatable bonds is 3. The van der Waals surface area contributed by atoms with Gasteiger partial charge in [0.15, 0.2) is 0 Å². The molecule has 1 saturated heterocycles. The Kier molecular flexibility index (Phi) is 3.09. The van der Waals surface area contributed by atoms with Crippen molar-refractivity contribution in [2.45, 2.75) is 6.42 Å². The van der Waals surface area contributed by atoms with Crippen LogP contribution >= 0.6 is 0 Å². The summed E-state index contributed by atoms with van der Waals surface area (Å²) in [5, 5.41) is 8.73. The molecule has 1 rings (SSSR count). The number of nitrogens with zero attached hydrogens (tertiary/aromatic N) is 1. The predicted molar refractivity (Wildman–Crippen MR) is 37.6 cm³/mol. The van der Waals surface area contributed by atoms with Gasteiger partial charge in [0.05, 0.1) is 0 Å². The average Bonchev–Trinajstić information content (AvgIpc) is 2.37. The highest BCUT2D eigenvalue weighted by molar-refractivity contribution is 4.74. The predicted octanol–water partition coefficient (Wildman–Crippen LogP) is 0.270. The first-order valence-corrected chi connectivity index (χ1v) is 3.76. The number of alkyl halides is 1. The second-order valence-electron chi connectivity index (χ2n) is 2.83. The Hall–Kier alpha value is -0.150. The van der Waals surface area contributed by atoms with Crippen LogP contribution in [0.25, 0.3) is 0 Å². The molecule has 1 aliphatic heterocycles. The van der Waals surface area contributed by atoms with Crippen LogP contribution in [0.2, 0.25) is 0 Å². The van der Waals surface area contributed by atoms with E-state index in [4.69, 9.17) is 5.11 Å². The maximum Gasteiger partial charge on any atom is 0.102 e. The fourth-order valence-corrected chi connectivity index (χ4v) is 1.38. The van der Waals surface area contributed by atoms with Crippen LogP contribution in [0.5, 0.6) is 0 Å². The average molecular weight is 147 g/mol. The van der Waals surface area contributed by atoms with Crippen molar-refractivity contribution in [3.05, 3.63) is 0 Å². The van der Waals surface area contributed by atoms with E-state index < -0.39 is 0 Å². The standard InChI is InChI=1S/C7H14FNO/c8-2-4-9-3-1-7(5-9)6-10/h7,10H,1-6H2/t7-/m1/s1. The fourth-order valence-electron chi connectivity index (χ4n) is 1.38. The van der Waals surface area contributed by atoms with Crippen LogP contribution in [0.3, 0.4) is 0 Å². The van der Waals surface area contributed by atoms with Gasteiger partial charge in [-0.05, 0) is 18.9 Å². The summed E-state index contributed by atoms with van der Waals surface area (Å²) in [6.07, 6.45) is 1.02. The fraction of sp³-hybridized carbons (Fsp3) is 1.00. The largest absolute Gasteiger partial charge is 0.396 e. The lowest BCUT2D eigenvalue weighted by atomic mass is 10.1. The van der Waals surface area contributed by atoms with E-state index >= 15 is 0 Å². The molecule has 0 aromatic rings. The van der Waals surface area contributed by atoms with Crippen molar-refractivity contribution in [3.63, 3.8) is 0 Å². The smallest absolute Gasteiger partial charge is 0.102 e. The summed E-state index contributed by atoms with van der Waals surface area (Å²) in [4.78, 5) is 2.06. The highest BCUT2D eigenvalue weighted by Crippen LogP contribution is 2.14. The number of hydrogen-bond acceptors (Lipinski definition) is 2. The molecule has 1 heterocycles. The number of aliphatic hydroxyl groups is 1. The minimum atomic E-state index is -0.266. The molecule has 0 spiro atoms. The molecule has 0 saturated carbocycles. The van der Waals surface area contributed by atoms with Crippen LogP contribution in [-0.4, -0.2) is 42.9 Å². The molecule has 0 bridgehead atoms. The zero-order valence-electron chi connectivity index (χ0n) is 6.09. The molecule has 1 aliphatic rings. The molecule has 0 unspecified atom stereocenters. The normalized spacial score (nSPS) is 27.6. The molecule has 0 amide bonds. The van der Waals surface area contributed by atoms with Gasteiger partial charge >= 0.3 is 0 Å². The van der Waals surface area contributed by atoms with E-state index in [1.807, 2.05) is 0 Å². The van der Waals surface area contributed by atoms with Crippen molar-refractivity contribution in [2.24, 2.45) is 5.92 Å². The van der Waals surface area contributed by atoms with E-state index in [1.54, 1.807) is 0 Å². The minimum Gasteiger partial charge on any atom is -0.396 e. The quantitative estimate of drug-likeness (QED) is 0.619. The molecule has 1 N–H and O–H groups in total. The lowest BCUT2D eigenvalue weighted by molar-refractivity contribution is 0.217. The molecule has 0 aromatic heterocycles. The van der Waals surface area contributed by atoms with Crippen LogP contribution in [0, 0.1) is 5.92 Å². The Morgan fingerprint density at radius 3 is 2.90 bits per heavy atom. The van der Waals surface area contributed by atoms with Gasteiger partial charge in [0, 0.05) is 19.7 Å². The van der Waals surface area contributed by atoms with Gasteiger partial charge in [0.25, 0.3) is 0 Å². The van der Waals surface area contributed by atoms with Crippen molar-refractivity contribution in [1.82, 2.24) is 4.90 Å². The molecule has 1 atom stereocenters. The first kappa shape index (κ1) is 7.95. The number of halogens is 1. The maximum absolute atomic E-state index is 11.8. The van der Waals surface area contributed by atoms with Crippen molar-refractivity contribution in [3.8, 4) is 0 Å². The molecular formula is C7H14FNO. The maximum atomic E-state index is 11.8. The monoisotopic (exact) mass is 147 g/mol. The highest BCUT2D eigenvalue weighted by Gasteiger charge is 2.20. The molecule has 2 nitrogen and oxygen atoms in total. The van der Waals surface area contributed by atoms with Crippen molar-refractivity contribution >= 4 is 0 Å². The molecule has 60 valence electrons. The van der Waals surface area contributed by atoms with Gasteiger partial charge in [-0.3, -0.25) is 0 Å². The third kappa shape index (κ3) is 1.92. The summed E-state index contributed by atoms with van der Waals surface area (Å²) in [7, 11) is 0. The van der Waals surface area contributed by atoms with Gasteiger partial charge in [-0.25, -0.2) is 4.39 Å². The van der Waals surface area contributed by atoms with Gasteiger partial charge in [-0.2, -0.15) is 0 Å². The Morgan fingerprint density at radius 2 is 2.40 bits per heavy atom. The van der Waals surface area contributed by atoms with Gasteiger partial charge < -0.3 is 10.0 Å². The Labute approximate surface area is 60.6 Å². The van der Waals surface area contributed by atoms with E-state index in [9.17, 15) is 4.39 Å². The summed E-state index contributed by atoms with van der Waals surface area (Å²) < 4.78 is 11.8. The van der Waals surface area contributed by atoms with E-state index in [1.165, 1.54) is 0 Å². The third-order valence-corrected chi connectivity index (χ3v) is 2.03. The van der Waals surface area contributed by atoms with Crippen molar-refractivity contribution in [2.75, 3.05) is 32.9 Å². The molecule has 10 heavy (non-hydrogen) atoms. The summed E-state index contributed by atoms with van der Waals surface area (Å²) in [6.45, 7) is 2.35. The Balaban J connectivity index is 2.15. The van der Waals surface area contributed by atoms with Crippen LogP contribution < -0.4 is 0 Å². The third-order valence-electron chi connectivity index (χ3n) is 2.03. The highest BCUT2D eigenvalue weighted by atomic mass is 19.1. The first-order chi connectivity index (χ1) is 4.86. The van der Waals surface area contributed by atoms with Gasteiger partial charge in [0.1, 0.15) is 6.67 Å². The second kappa shape index (κ2) is 3.88. The van der Waals surface area contributed by atoms with Crippen LogP contribution in [0.4, 0.5) is 4.39 Å². The lowest BCUT2D eigenvalue weighted by Crippen LogP contribution is -2.23. The van der Waals surface area contributed by atoms with Crippen molar-refractivity contribution < 1.29 is 9.50 Å². The Bertz CT molecular complexity index is 99.6. The lowest BCUT2D eigenvalue weighted by Gasteiger charge is -2.11. The van der Waals surface area contributed by atoms with Gasteiger partial charge in [0.2, 0.25) is 0 Å². The topological polar surface area (TPSA) is 23.5 Å². The van der Waals surface area contributed by atoms with Crippen LogP contribution in [-0.2, 0) is 0 Å². The van der Waals surface area contributed by atoms with Gasteiger partial charge in [-0.15, -0.1) is 0 Å². The zero-order chi connectivity index (χ0) is 7.40. The summed E-state index contributed by atoms with van der Waals surface area (Å²) in [5.74, 6) is 0.395. The molecule has 0 aliphatic carbocycles. The SMILES string of the molecule is OC[C@@H]1CCN(CCF)C1. The number of aliphatic hydroxyl groups excluding tert-OH is 1. The first-order valence-electron chi connectivity index (χ1n) is 3.76. The van der Waals surface area contributed by atoms with E-state index in [2.05, 4.69) is 4.90 Å². The molecular weight excluding hydrogens is 133 g/mol. The summed E-state index contributed by atoms with van der Waals surface area (Å²) in [5.41, 5.74) is 0. The van der Waals surface area contributed by atoms with Crippen LogP contribution in [0.15, 0.2) is 0 Å². The van der Waals surface area contributed by atoms with Crippen LogP contribution in [0.1, 0.15) is 6.42 Å². The summed E-state index contributed by atoms with van der Waals surface area (Å²) >= 11 is 0. The molecule has 0 aromatic carbocycles. The summed E-state index contributed by atoms with van der Waals surface area (Å²) in [6, 6.07) is 0.